The minimum absolute atomic E-state index is 0.136. The first-order valence-corrected chi connectivity index (χ1v) is 15.8. The topological polar surface area (TPSA) is 86.7 Å². The molecule has 6 nitrogen and oxygen atoms in total. The average Bonchev–Trinajstić information content (AvgIpc) is 2.96. The van der Waals surface area contributed by atoms with Crippen LogP contribution in [0, 0.1) is 18.3 Å². The van der Waals surface area contributed by atoms with Crippen molar-refractivity contribution in [1.29, 1.82) is 0 Å². The number of anilines is 2. The summed E-state index contributed by atoms with van der Waals surface area (Å²) in [5, 5.41) is 12.8. The van der Waals surface area contributed by atoms with Gasteiger partial charge in [0.2, 0.25) is 0 Å². The highest BCUT2D eigenvalue weighted by Gasteiger charge is 2.42. The fourth-order valence-corrected chi connectivity index (χ4v) is 7.81. The van der Waals surface area contributed by atoms with Crippen LogP contribution in [0.3, 0.4) is 0 Å². The molecule has 0 saturated heterocycles. The second-order valence-corrected chi connectivity index (χ2v) is 13.5. The van der Waals surface area contributed by atoms with Crippen LogP contribution in [0.2, 0.25) is 0 Å². The van der Waals surface area contributed by atoms with E-state index in [1.807, 2.05) is 45.0 Å². The van der Waals surface area contributed by atoms with E-state index in [4.69, 9.17) is 0 Å². The Hall–Kier alpha value is -2.38. The molecule has 0 spiro atoms. The third-order valence-electron chi connectivity index (χ3n) is 7.77. The summed E-state index contributed by atoms with van der Waals surface area (Å²) in [7, 11) is -3.59. The highest BCUT2D eigenvalue weighted by molar-refractivity contribution is 7.91. The number of carboxylic acids is 1. The molecule has 2 aromatic rings. The molecule has 0 aromatic heterocycles. The largest absolute Gasteiger partial charge is 0.480 e. The summed E-state index contributed by atoms with van der Waals surface area (Å²) in [6, 6.07) is 13.2. The summed E-state index contributed by atoms with van der Waals surface area (Å²) in [5.41, 5.74) is 3.17. The van der Waals surface area contributed by atoms with Crippen molar-refractivity contribution in [1.82, 2.24) is 5.32 Å². The molecule has 2 aromatic carbocycles. The molecule has 0 radical (unpaired) electrons. The van der Waals surface area contributed by atoms with Gasteiger partial charge in [-0.3, -0.25) is 4.79 Å². The van der Waals surface area contributed by atoms with Gasteiger partial charge in [-0.1, -0.05) is 71.6 Å². The zero-order valence-electron chi connectivity index (χ0n) is 23.8. The molecule has 0 fully saturated rings. The van der Waals surface area contributed by atoms with E-state index in [1.54, 1.807) is 6.07 Å². The lowest BCUT2D eigenvalue weighted by atomic mass is 9.79. The second-order valence-electron chi connectivity index (χ2n) is 11.5. The number of fused-ring (bicyclic) bond motifs is 1. The van der Waals surface area contributed by atoms with Gasteiger partial charge in [-0.15, -0.1) is 0 Å². The molecule has 38 heavy (non-hydrogen) atoms. The lowest BCUT2D eigenvalue weighted by molar-refractivity contribution is -0.140. The van der Waals surface area contributed by atoms with Crippen molar-refractivity contribution >= 4 is 27.2 Å². The fraction of sp³-hybridized carbons (Fsp3) is 0.581. The number of unbranched alkanes of at least 4 members (excludes halogenated alkanes) is 2. The van der Waals surface area contributed by atoms with Gasteiger partial charge in [0.25, 0.3) is 0 Å². The predicted octanol–water partition coefficient (Wildman–Crippen LogP) is 6.88. The van der Waals surface area contributed by atoms with Gasteiger partial charge in [-0.2, -0.15) is 0 Å². The van der Waals surface area contributed by atoms with Crippen LogP contribution >= 0.6 is 0 Å². The van der Waals surface area contributed by atoms with Gasteiger partial charge in [0.15, 0.2) is 9.84 Å². The van der Waals surface area contributed by atoms with Gasteiger partial charge in [-0.25, -0.2) is 8.42 Å². The number of carbonyl (C=O) groups is 1. The number of nitrogens with zero attached hydrogens (tertiary/aromatic N) is 1. The first kappa shape index (κ1) is 30.2. The predicted molar refractivity (Wildman–Crippen MR) is 156 cm³/mol. The Labute approximate surface area is 229 Å². The molecule has 1 aliphatic heterocycles. The molecule has 210 valence electrons. The summed E-state index contributed by atoms with van der Waals surface area (Å²) in [6.45, 7) is 11.3. The van der Waals surface area contributed by atoms with Crippen LogP contribution in [0.1, 0.15) is 83.8 Å². The Bertz CT molecular complexity index is 1170. The van der Waals surface area contributed by atoms with Gasteiger partial charge >= 0.3 is 5.97 Å². The zero-order chi connectivity index (χ0) is 27.9. The van der Waals surface area contributed by atoms with E-state index in [1.165, 1.54) is 0 Å². The summed E-state index contributed by atoms with van der Waals surface area (Å²) in [4.78, 5) is 14.4. The van der Waals surface area contributed by atoms with Gasteiger partial charge in [0.1, 0.15) is 6.04 Å². The molecule has 0 unspecified atom stereocenters. The third kappa shape index (κ3) is 7.38. The second kappa shape index (κ2) is 13.1. The first-order valence-electron chi connectivity index (χ1n) is 14.2. The van der Waals surface area contributed by atoms with E-state index >= 15 is 0 Å². The molecular weight excluding hydrogens is 496 g/mol. The maximum absolute atomic E-state index is 14.1. The minimum atomic E-state index is -3.59. The molecule has 3 rings (SSSR count). The number of aliphatic carboxylic acids is 1. The molecule has 7 heteroatoms. The van der Waals surface area contributed by atoms with Crippen molar-refractivity contribution in [3.8, 4) is 0 Å². The monoisotopic (exact) mass is 542 g/mol. The molecule has 1 atom stereocenters. The Morgan fingerprint density at radius 2 is 1.71 bits per heavy atom. The van der Waals surface area contributed by atoms with E-state index in [0.717, 1.165) is 61.0 Å². The molecule has 1 aliphatic rings. The molecule has 0 saturated carbocycles. The zero-order valence-corrected chi connectivity index (χ0v) is 24.6. The fourth-order valence-electron chi connectivity index (χ4n) is 5.66. The smallest absolute Gasteiger partial charge is 0.320 e. The van der Waals surface area contributed by atoms with Crippen molar-refractivity contribution in [2.45, 2.75) is 97.0 Å². The number of sulfone groups is 1. The number of hydrogen-bond acceptors (Lipinski definition) is 5. The highest BCUT2D eigenvalue weighted by Crippen LogP contribution is 2.45. The Morgan fingerprint density at radius 3 is 2.26 bits per heavy atom. The van der Waals surface area contributed by atoms with E-state index in [9.17, 15) is 18.3 Å². The number of carboxylic acid groups (broad SMARTS) is 1. The number of para-hydroxylation sites is 1. The molecule has 0 amide bonds. The van der Waals surface area contributed by atoms with Gasteiger partial charge in [-0.05, 0) is 67.5 Å². The minimum Gasteiger partial charge on any atom is -0.480 e. The Morgan fingerprint density at radius 1 is 1.08 bits per heavy atom. The maximum atomic E-state index is 14.1. The van der Waals surface area contributed by atoms with Crippen LogP contribution in [0.5, 0.6) is 0 Å². The first-order chi connectivity index (χ1) is 18.0. The Balaban J connectivity index is 2.11. The van der Waals surface area contributed by atoms with Crippen LogP contribution in [0.15, 0.2) is 47.4 Å². The summed E-state index contributed by atoms with van der Waals surface area (Å²) < 4.78 is 28.3. The van der Waals surface area contributed by atoms with E-state index in [2.05, 4.69) is 36.2 Å². The number of hydrogen-bond donors (Lipinski definition) is 2. The normalized spacial score (nSPS) is 17.2. The number of aryl methyl sites for hydroxylation is 1. The highest BCUT2D eigenvalue weighted by atomic mass is 32.2. The number of nitrogens with one attached hydrogen (secondary N) is 1. The van der Waals surface area contributed by atoms with Crippen LogP contribution in [-0.2, 0) is 21.2 Å². The molecule has 1 heterocycles. The average molecular weight is 543 g/mol. The van der Waals surface area contributed by atoms with Gasteiger partial charge in [0.05, 0.1) is 16.3 Å². The summed E-state index contributed by atoms with van der Waals surface area (Å²) >= 11 is 0. The third-order valence-corrected chi connectivity index (χ3v) is 9.76. The van der Waals surface area contributed by atoms with Crippen molar-refractivity contribution in [2.75, 3.05) is 17.2 Å². The van der Waals surface area contributed by atoms with E-state index < -0.39 is 21.8 Å². The lowest BCUT2D eigenvalue weighted by Crippen LogP contribution is -2.38. The summed E-state index contributed by atoms with van der Waals surface area (Å²) in [5.74, 6) is -0.515. The number of benzene rings is 2. The molecule has 0 aliphatic carbocycles. The van der Waals surface area contributed by atoms with Crippen molar-refractivity contribution < 1.29 is 18.3 Å². The standard InChI is InChI=1S/C31H46N2O4S/c1-6-8-15-31(16-9-7-2)21-33(26-13-11-10-12-14-26)28-18-24(5)25(19-29(28)38(36,37)22-31)20-32-27(30(34)35)17-23(3)4/h10-14,18-19,23,27,32H,6-9,15-17,20-22H2,1-5H3,(H,34,35)/t27-/m0/s1. The summed E-state index contributed by atoms with van der Waals surface area (Å²) in [6.07, 6.45) is 6.32. The number of rotatable bonds is 13. The van der Waals surface area contributed by atoms with Crippen molar-refractivity contribution in [3.63, 3.8) is 0 Å². The van der Waals surface area contributed by atoms with Crippen LogP contribution in [0.25, 0.3) is 0 Å². The van der Waals surface area contributed by atoms with Crippen LogP contribution in [-0.4, -0.2) is 37.8 Å². The van der Waals surface area contributed by atoms with Gasteiger partial charge in [0, 0.05) is 24.2 Å². The van der Waals surface area contributed by atoms with Crippen LogP contribution in [0.4, 0.5) is 11.4 Å². The lowest BCUT2D eigenvalue weighted by Gasteiger charge is -2.37. The quantitative estimate of drug-likeness (QED) is 0.287. The molecule has 2 N–H and O–H groups in total. The van der Waals surface area contributed by atoms with Gasteiger partial charge < -0.3 is 15.3 Å². The molecule has 0 bridgehead atoms. The SMILES string of the molecule is CCCCC1(CCCC)CN(c2ccccc2)c2cc(C)c(CN[C@@H](CC(C)C)C(=O)O)cc2S(=O)(=O)C1. The molecular formula is C31H46N2O4S. The van der Waals surface area contributed by atoms with Crippen molar-refractivity contribution in [2.24, 2.45) is 11.3 Å². The van der Waals surface area contributed by atoms with E-state index in [-0.39, 0.29) is 17.1 Å². The van der Waals surface area contributed by atoms with Crippen LogP contribution < -0.4 is 10.2 Å². The Kier molecular flexibility index (Phi) is 10.4. The van der Waals surface area contributed by atoms with E-state index in [0.29, 0.717) is 24.4 Å². The van der Waals surface area contributed by atoms with Crippen molar-refractivity contribution in [3.05, 3.63) is 53.6 Å². The maximum Gasteiger partial charge on any atom is 0.320 e.